The van der Waals surface area contributed by atoms with Gasteiger partial charge in [-0.25, -0.2) is 9.67 Å². The monoisotopic (exact) mass is 503 g/mol. The Morgan fingerprint density at radius 3 is 2.59 bits per heavy atom. The second kappa shape index (κ2) is 9.40. The van der Waals surface area contributed by atoms with E-state index in [1.165, 1.54) is 45.7 Å². The first-order valence-electron chi connectivity index (χ1n) is 11.7. The molecule has 6 rings (SSSR count). The third kappa shape index (κ3) is 4.39. The molecule has 0 saturated carbocycles. The molecule has 37 heavy (non-hydrogen) atoms. The van der Waals surface area contributed by atoms with E-state index < -0.39 is 4.92 Å². The topological polar surface area (TPSA) is 85.7 Å². The summed E-state index contributed by atoms with van der Waals surface area (Å²) in [5, 5.41) is 18.1. The molecule has 5 aromatic rings. The standard InChI is InChI=1S/C29H21N5O2S/c1-19(21-10-13-27-23(15-21)16-22-5-2-3-7-26(22)27)32-33-28(20-8-11-25(12-9-20)34(35)36)18-37-29(33)31-24-6-4-14-30-17-24/h2-15,17-18H,16H2,1H3. The van der Waals surface area contributed by atoms with Crippen LogP contribution in [0.4, 0.5) is 11.4 Å². The highest BCUT2D eigenvalue weighted by Crippen LogP contribution is 2.36. The van der Waals surface area contributed by atoms with Gasteiger partial charge in [-0.15, -0.1) is 11.3 Å². The summed E-state index contributed by atoms with van der Waals surface area (Å²) >= 11 is 1.45. The number of rotatable bonds is 5. The summed E-state index contributed by atoms with van der Waals surface area (Å²) in [5.74, 6) is 0. The van der Waals surface area contributed by atoms with Gasteiger partial charge in [-0.05, 0) is 71.5 Å². The number of nitrogens with zero attached hydrogens (tertiary/aromatic N) is 5. The number of aromatic nitrogens is 2. The van der Waals surface area contributed by atoms with Gasteiger partial charge in [0.15, 0.2) is 0 Å². The lowest BCUT2D eigenvalue weighted by Crippen LogP contribution is -2.14. The first kappa shape index (κ1) is 22.8. The van der Waals surface area contributed by atoms with E-state index in [2.05, 4.69) is 47.4 Å². The molecule has 0 radical (unpaired) electrons. The van der Waals surface area contributed by atoms with Crippen LogP contribution in [0.1, 0.15) is 23.6 Å². The average molecular weight is 504 g/mol. The highest BCUT2D eigenvalue weighted by Gasteiger charge is 2.18. The van der Waals surface area contributed by atoms with Crippen molar-refractivity contribution < 1.29 is 4.92 Å². The van der Waals surface area contributed by atoms with Crippen LogP contribution < -0.4 is 4.80 Å². The molecule has 3 aromatic carbocycles. The zero-order valence-electron chi connectivity index (χ0n) is 19.9. The lowest BCUT2D eigenvalue weighted by Gasteiger charge is -2.08. The summed E-state index contributed by atoms with van der Waals surface area (Å²) in [7, 11) is 0. The third-order valence-electron chi connectivity index (χ3n) is 6.39. The van der Waals surface area contributed by atoms with E-state index in [-0.39, 0.29) is 5.69 Å². The molecule has 0 N–H and O–H groups in total. The highest BCUT2D eigenvalue weighted by molar-refractivity contribution is 7.07. The molecule has 0 fully saturated rings. The van der Waals surface area contributed by atoms with Crippen molar-refractivity contribution in [2.24, 2.45) is 10.1 Å². The molecule has 180 valence electrons. The van der Waals surface area contributed by atoms with Crippen molar-refractivity contribution in [3.8, 4) is 22.4 Å². The van der Waals surface area contributed by atoms with Gasteiger partial charge in [-0.1, -0.05) is 36.4 Å². The fourth-order valence-corrected chi connectivity index (χ4v) is 5.38. The summed E-state index contributed by atoms with van der Waals surface area (Å²) in [6, 6.07) is 25.2. The molecule has 0 unspecified atom stereocenters. The molecular formula is C29H21N5O2S. The van der Waals surface area contributed by atoms with Crippen LogP contribution in [0.2, 0.25) is 0 Å². The minimum atomic E-state index is -0.400. The van der Waals surface area contributed by atoms with E-state index in [9.17, 15) is 10.1 Å². The summed E-state index contributed by atoms with van der Waals surface area (Å²) in [4.78, 5) is 20.3. The minimum Gasteiger partial charge on any atom is -0.262 e. The second-order valence-electron chi connectivity index (χ2n) is 8.73. The second-order valence-corrected chi connectivity index (χ2v) is 9.57. The quantitative estimate of drug-likeness (QED) is 0.151. The predicted octanol–water partition coefficient (Wildman–Crippen LogP) is 6.60. The molecule has 1 aliphatic carbocycles. The van der Waals surface area contributed by atoms with Crippen molar-refractivity contribution in [1.29, 1.82) is 0 Å². The molecule has 0 spiro atoms. The van der Waals surface area contributed by atoms with Crippen molar-refractivity contribution in [2.45, 2.75) is 13.3 Å². The van der Waals surface area contributed by atoms with Crippen molar-refractivity contribution in [1.82, 2.24) is 9.66 Å². The van der Waals surface area contributed by atoms with Gasteiger partial charge in [0, 0.05) is 29.3 Å². The Bertz CT molecular complexity index is 1730. The summed E-state index contributed by atoms with van der Waals surface area (Å²) in [6.45, 7) is 1.99. The smallest absolute Gasteiger partial charge is 0.262 e. The Morgan fingerprint density at radius 2 is 1.81 bits per heavy atom. The van der Waals surface area contributed by atoms with Gasteiger partial charge in [0.05, 0.1) is 28.2 Å². The Morgan fingerprint density at radius 1 is 1.00 bits per heavy atom. The van der Waals surface area contributed by atoms with Crippen LogP contribution in [0.15, 0.2) is 107 Å². The summed E-state index contributed by atoms with van der Waals surface area (Å²) in [5.41, 5.74) is 9.46. The Kier molecular flexibility index (Phi) is 5.78. The molecule has 2 aromatic heterocycles. The number of nitro groups is 1. The maximum absolute atomic E-state index is 11.1. The van der Waals surface area contributed by atoms with E-state index in [0.29, 0.717) is 4.80 Å². The van der Waals surface area contributed by atoms with Gasteiger partial charge < -0.3 is 0 Å². The van der Waals surface area contributed by atoms with E-state index >= 15 is 0 Å². The number of hydrogen-bond acceptors (Lipinski definition) is 6. The Balaban J connectivity index is 1.45. The van der Waals surface area contributed by atoms with Gasteiger partial charge in [0.25, 0.3) is 5.69 Å². The molecule has 0 amide bonds. The molecule has 2 heterocycles. The Hall–Kier alpha value is -4.69. The summed E-state index contributed by atoms with van der Waals surface area (Å²) < 4.78 is 1.80. The first-order valence-corrected chi connectivity index (χ1v) is 12.6. The Labute approximate surface area is 216 Å². The zero-order chi connectivity index (χ0) is 25.4. The van der Waals surface area contributed by atoms with Gasteiger partial charge in [0.2, 0.25) is 4.80 Å². The molecule has 1 aliphatic rings. The lowest BCUT2D eigenvalue weighted by molar-refractivity contribution is -0.384. The number of non-ortho nitro benzene ring substituents is 1. The number of thiazole rings is 1. The van der Waals surface area contributed by atoms with Gasteiger partial charge >= 0.3 is 0 Å². The van der Waals surface area contributed by atoms with Crippen molar-refractivity contribution in [3.63, 3.8) is 0 Å². The lowest BCUT2D eigenvalue weighted by atomic mass is 10.0. The van der Waals surface area contributed by atoms with E-state index in [0.717, 1.165) is 34.6 Å². The van der Waals surface area contributed by atoms with Crippen LogP contribution in [0.25, 0.3) is 22.4 Å². The third-order valence-corrected chi connectivity index (χ3v) is 7.21. The van der Waals surface area contributed by atoms with E-state index in [1.807, 2.05) is 24.4 Å². The molecule has 0 saturated heterocycles. The minimum absolute atomic E-state index is 0.0459. The first-order chi connectivity index (χ1) is 18.1. The fraction of sp³-hybridized carbons (Fsp3) is 0.0690. The number of nitro benzene ring substituents is 1. The van der Waals surface area contributed by atoms with E-state index in [4.69, 9.17) is 10.1 Å². The van der Waals surface area contributed by atoms with Crippen molar-refractivity contribution in [3.05, 3.63) is 128 Å². The van der Waals surface area contributed by atoms with Gasteiger partial charge in [-0.3, -0.25) is 15.1 Å². The average Bonchev–Trinajstić information content (AvgIpc) is 3.49. The van der Waals surface area contributed by atoms with Crippen molar-refractivity contribution >= 4 is 28.4 Å². The maximum atomic E-state index is 11.1. The van der Waals surface area contributed by atoms with Crippen LogP contribution in [0, 0.1) is 10.1 Å². The number of pyridine rings is 1. The molecule has 0 atom stereocenters. The molecule has 0 bridgehead atoms. The van der Waals surface area contributed by atoms with Crippen LogP contribution >= 0.6 is 11.3 Å². The normalized spacial score (nSPS) is 12.9. The van der Waals surface area contributed by atoms with Gasteiger partial charge in [0.1, 0.15) is 0 Å². The van der Waals surface area contributed by atoms with Crippen LogP contribution in [0.5, 0.6) is 0 Å². The number of fused-ring (bicyclic) bond motifs is 3. The molecule has 8 heteroatoms. The number of hydrogen-bond donors (Lipinski definition) is 0. The predicted molar refractivity (Wildman–Crippen MR) is 146 cm³/mol. The molecule has 0 aliphatic heterocycles. The fourth-order valence-electron chi connectivity index (χ4n) is 4.53. The molecule has 7 nitrogen and oxygen atoms in total. The van der Waals surface area contributed by atoms with Crippen molar-refractivity contribution in [2.75, 3.05) is 0 Å². The highest BCUT2D eigenvalue weighted by atomic mass is 32.1. The SMILES string of the molecule is CC(=Nn1c(-c2ccc([N+](=O)[O-])cc2)csc1=Nc1cccnc1)c1ccc2c(c1)Cc1ccccc1-2. The maximum Gasteiger partial charge on any atom is 0.269 e. The molecular weight excluding hydrogens is 482 g/mol. The van der Waals surface area contributed by atoms with Crippen LogP contribution in [0.3, 0.4) is 0 Å². The summed E-state index contributed by atoms with van der Waals surface area (Å²) in [6.07, 6.45) is 4.32. The largest absolute Gasteiger partial charge is 0.269 e. The van der Waals surface area contributed by atoms with E-state index in [1.54, 1.807) is 29.2 Å². The zero-order valence-corrected chi connectivity index (χ0v) is 20.7. The van der Waals surface area contributed by atoms with Crippen LogP contribution in [-0.2, 0) is 6.42 Å². The van der Waals surface area contributed by atoms with Gasteiger partial charge in [-0.2, -0.15) is 5.10 Å². The van der Waals surface area contributed by atoms with Crippen LogP contribution in [-0.4, -0.2) is 20.3 Å². The number of benzene rings is 3.